The van der Waals surface area contributed by atoms with Crippen LogP contribution in [0.5, 0.6) is 0 Å². The quantitative estimate of drug-likeness (QED) is 0.795. The van der Waals surface area contributed by atoms with Crippen molar-refractivity contribution in [3.8, 4) is 0 Å². The van der Waals surface area contributed by atoms with E-state index in [1.54, 1.807) is 11.0 Å². The smallest absolute Gasteiger partial charge is 0.244 e. The van der Waals surface area contributed by atoms with Crippen molar-refractivity contribution in [1.82, 2.24) is 19.7 Å². The molecule has 0 atom stereocenters. The molecule has 0 spiro atoms. The molecule has 1 saturated heterocycles. The molecular formula is C11H18N4O2. The van der Waals surface area contributed by atoms with Crippen LogP contribution in [0.25, 0.3) is 0 Å². The van der Waals surface area contributed by atoms with Crippen LogP contribution >= 0.6 is 0 Å². The van der Waals surface area contributed by atoms with Gasteiger partial charge in [0.15, 0.2) is 0 Å². The number of carbonyl (C=O) groups excluding carboxylic acids is 1. The Morgan fingerprint density at radius 3 is 2.76 bits per heavy atom. The monoisotopic (exact) mass is 238 g/mol. The maximum Gasteiger partial charge on any atom is 0.244 e. The maximum atomic E-state index is 11.9. The van der Waals surface area contributed by atoms with Gasteiger partial charge in [-0.2, -0.15) is 5.10 Å². The first-order valence-corrected chi connectivity index (χ1v) is 6.00. The standard InChI is InChI=1S/C11H18N4O2/c16-6-3-10-1-4-14(5-2-10)11(17)7-15-9-12-8-13-15/h8-10,16H,1-7H2. The molecule has 1 aromatic heterocycles. The van der Waals surface area contributed by atoms with E-state index in [1.807, 2.05) is 4.90 Å². The Morgan fingerprint density at radius 2 is 2.18 bits per heavy atom. The van der Waals surface area contributed by atoms with Crippen molar-refractivity contribution in [1.29, 1.82) is 0 Å². The molecule has 0 bridgehead atoms. The molecule has 0 aliphatic carbocycles. The Labute approximate surface area is 100 Å². The molecule has 6 nitrogen and oxygen atoms in total. The lowest BCUT2D eigenvalue weighted by molar-refractivity contribution is -0.133. The van der Waals surface area contributed by atoms with Gasteiger partial charge in [0, 0.05) is 19.7 Å². The molecule has 2 heterocycles. The zero-order chi connectivity index (χ0) is 12.1. The summed E-state index contributed by atoms with van der Waals surface area (Å²) in [7, 11) is 0. The molecule has 1 aromatic rings. The molecule has 0 radical (unpaired) electrons. The van der Waals surface area contributed by atoms with Crippen LogP contribution in [0.3, 0.4) is 0 Å². The van der Waals surface area contributed by atoms with Gasteiger partial charge in [-0.3, -0.25) is 4.79 Å². The number of aliphatic hydroxyl groups is 1. The van der Waals surface area contributed by atoms with E-state index in [-0.39, 0.29) is 19.1 Å². The highest BCUT2D eigenvalue weighted by Crippen LogP contribution is 2.20. The summed E-state index contributed by atoms with van der Waals surface area (Å²) in [6.45, 7) is 2.10. The van der Waals surface area contributed by atoms with Crippen LogP contribution in [-0.4, -0.2) is 50.4 Å². The van der Waals surface area contributed by atoms with Gasteiger partial charge in [0.05, 0.1) is 0 Å². The summed E-state index contributed by atoms with van der Waals surface area (Å²) in [6.07, 6.45) is 5.82. The second-order valence-corrected chi connectivity index (χ2v) is 4.43. The minimum Gasteiger partial charge on any atom is -0.396 e. The number of amides is 1. The van der Waals surface area contributed by atoms with Crippen molar-refractivity contribution in [3.05, 3.63) is 12.7 Å². The van der Waals surface area contributed by atoms with Gasteiger partial charge in [-0.15, -0.1) is 0 Å². The van der Waals surface area contributed by atoms with Gasteiger partial charge >= 0.3 is 0 Å². The highest BCUT2D eigenvalue weighted by Gasteiger charge is 2.22. The lowest BCUT2D eigenvalue weighted by atomic mass is 9.94. The number of hydrogen-bond acceptors (Lipinski definition) is 4. The van der Waals surface area contributed by atoms with Gasteiger partial charge in [0.1, 0.15) is 19.2 Å². The number of nitrogens with zero attached hydrogens (tertiary/aromatic N) is 4. The van der Waals surface area contributed by atoms with E-state index < -0.39 is 0 Å². The second kappa shape index (κ2) is 5.77. The molecule has 0 aromatic carbocycles. The third-order valence-corrected chi connectivity index (χ3v) is 3.27. The third-order valence-electron chi connectivity index (χ3n) is 3.27. The molecule has 1 fully saturated rings. The number of aromatic nitrogens is 3. The lowest BCUT2D eigenvalue weighted by Gasteiger charge is -2.31. The van der Waals surface area contributed by atoms with Gasteiger partial charge in [-0.1, -0.05) is 0 Å². The first kappa shape index (κ1) is 12.0. The largest absolute Gasteiger partial charge is 0.396 e. The van der Waals surface area contributed by atoms with E-state index in [0.717, 1.165) is 32.4 Å². The van der Waals surface area contributed by atoms with Gasteiger partial charge in [-0.25, -0.2) is 9.67 Å². The molecule has 0 saturated carbocycles. The molecular weight excluding hydrogens is 220 g/mol. The van der Waals surface area contributed by atoms with Crippen LogP contribution < -0.4 is 0 Å². The van der Waals surface area contributed by atoms with E-state index in [0.29, 0.717) is 5.92 Å². The number of piperidine rings is 1. The number of hydrogen-bond donors (Lipinski definition) is 1. The number of rotatable bonds is 4. The first-order valence-electron chi connectivity index (χ1n) is 6.00. The average molecular weight is 238 g/mol. The minimum atomic E-state index is 0.0953. The van der Waals surface area contributed by atoms with Crippen LogP contribution in [0.2, 0.25) is 0 Å². The Bertz CT molecular complexity index is 344. The minimum absolute atomic E-state index is 0.0953. The van der Waals surface area contributed by atoms with E-state index in [1.165, 1.54) is 6.33 Å². The second-order valence-electron chi connectivity index (χ2n) is 4.43. The summed E-state index contributed by atoms with van der Waals surface area (Å²) in [5.74, 6) is 0.661. The van der Waals surface area contributed by atoms with Crippen LogP contribution in [-0.2, 0) is 11.3 Å². The van der Waals surface area contributed by atoms with Crippen LogP contribution in [0.1, 0.15) is 19.3 Å². The van der Waals surface area contributed by atoms with E-state index in [4.69, 9.17) is 5.11 Å². The lowest BCUT2D eigenvalue weighted by Crippen LogP contribution is -2.40. The van der Waals surface area contributed by atoms with E-state index >= 15 is 0 Å². The molecule has 1 aliphatic heterocycles. The molecule has 17 heavy (non-hydrogen) atoms. The highest BCUT2D eigenvalue weighted by atomic mass is 16.3. The predicted molar refractivity (Wildman–Crippen MR) is 61.0 cm³/mol. The van der Waals surface area contributed by atoms with Gasteiger partial charge in [0.2, 0.25) is 5.91 Å². The maximum absolute atomic E-state index is 11.9. The van der Waals surface area contributed by atoms with Crippen LogP contribution in [0, 0.1) is 5.92 Å². The molecule has 1 N–H and O–H groups in total. The number of aliphatic hydroxyl groups excluding tert-OH is 1. The summed E-state index contributed by atoms with van der Waals surface area (Å²) in [4.78, 5) is 17.6. The third kappa shape index (κ3) is 3.26. The fourth-order valence-corrected chi connectivity index (χ4v) is 2.21. The summed E-state index contributed by atoms with van der Waals surface area (Å²) in [5, 5.41) is 12.8. The van der Waals surface area contributed by atoms with Crippen molar-refractivity contribution in [2.24, 2.45) is 5.92 Å². The fourth-order valence-electron chi connectivity index (χ4n) is 2.21. The Hall–Kier alpha value is -1.43. The zero-order valence-corrected chi connectivity index (χ0v) is 9.83. The van der Waals surface area contributed by atoms with Crippen molar-refractivity contribution < 1.29 is 9.90 Å². The van der Waals surface area contributed by atoms with E-state index in [9.17, 15) is 4.79 Å². The van der Waals surface area contributed by atoms with Gasteiger partial charge in [0.25, 0.3) is 0 Å². The average Bonchev–Trinajstić information content (AvgIpc) is 2.83. The number of likely N-dealkylation sites (tertiary alicyclic amines) is 1. The Kier molecular flexibility index (Phi) is 4.08. The van der Waals surface area contributed by atoms with Crippen LogP contribution in [0.4, 0.5) is 0 Å². The van der Waals surface area contributed by atoms with E-state index in [2.05, 4.69) is 10.1 Å². The molecule has 94 valence electrons. The first-order chi connectivity index (χ1) is 8.29. The summed E-state index contributed by atoms with van der Waals surface area (Å²) in [6, 6.07) is 0. The number of carbonyl (C=O) groups is 1. The Morgan fingerprint density at radius 1 is 1.41 bits per heavy atom. The molecule has 6 heteroatoms. The van der Waals surface area contributed by atoms with Gasteiger partial charge in [-0.05, 0) is 25.2 Å². The highest BCUT2D eigenvalue weighted by molar-refractivity contribution is 5.75. The predicted octanol–water partition coefficient (Wildman–Crippen LogP) is -0.101. The SMILES string of the molecule is O=C(Cn1cncn1)N1CCC(CCO)CC1. The molecule has 1 aliphatic rings. The summed E-state index contributed by atoms with van der Waals surface area (Å²) < 4.78 is 1.54. The summed E-state index contributed by atoms with van der Waals surface area (Å²) >= 11 is 0. The van der Waals surface area contributed by atoms with Crippen LogP contribution in [0.15, 0.2) is 12.7 Å². The topological polar surface area (TPSA) is 71.2 Å². The molecule has 0 unspecified atom stereocenters. The Balaban J connectivity index is 1.78. The zero-order valence-electron chi connectivity index (χ0n) is 9.83. The van der Waals surface area contributed by atoms with Crippen molar-refractivity contribution in [3.63, 3.8) is 0 Å². The fraction of sp³-hybridized carbons (Fsp3) is 0.727. The van der Waals surface area contributed by atoms with Gasteiger partial charge < -0.3 is 10.0 Å². The van der Waals surface area contributed by atoms with Crippen molar-refractivity contribution in [2.75, 3.05) is 19.7 Å². The van der Waals surface area contributed by atoms with Crippen molar-refractivity contribution >= 4 is 5.91 Å². The normalized spacial score (nSPS) is 17.4. The van der Waals surface area contributed by atoms with Crippen molar-refractivity contribution in [2.45, 2.75) is 25.8 Å². The molecule has 2 rings (SSSR count). The molecule has 1 amide bonds. The summed E-state index contributed by atoms with van der Waals surface area (Å²) in [5.41, 5.74) is 0.